The second kappa shape index (κ2) is 6.69. The number of carbonyl (C=O) groups excluding carboxylic acids is 1. The van der Waals surface area contributed by atoms with Crippen LogP contribution in [0.1, 0.15) is 11.7 Å². The quantitative estimate of drug-likeness (QED) is 0.810. The fourth-order valence-electron chi connectivity index (χ4n) is 1.52. The van der Waals surface area contributed by atoms with Crippen LogP contribution in [0.2, 0.25) is 5.02 Å². The number of amides is 2. The molecule has 0 saturated heterocycles. The fraction of sp³-hybridized carbons (Fsp3) is 0.154. The molecule has 3 N–H and O–H groups in total. The Morgan fingerprint density at radius 1 is 1.45 bits per heavy atom. The number of halogens is 2. The van der Waals surface area contributed by atoms with Crippen molar-refractivity contribution in [1.82, 2.24) is 5.32 Å². The Kier molecular flexibility index (Phi) is 4.94. The van der Waals surface area contributed by atoms with Gasteiger partial charge in [0.05, 0.1) is 11.1 Å². The summed E-state index contributed by atoms with van der Waals surface area (Å²) < 4.78 is 13.2. The number of thiophene rings is 1. The van der Waals surface area contributed by atoms with Crippen molar-refractivity contribution < 1.29 is 14.3 Å². The van der Waals surface area contributed by atoms with Gasteiger partial charge in [-0.3, -0.25) is 0 Å². The van der Waals surface area contributed by atoms with Gasteiger partial charge in [0, 0.05) is 12.2 Å². The summed E-state index contributed by atoms with van der Waals surface area (Å²) in [7, 11) is 0. The van der Waals surface area contributed by atoms with Crippen LogP contribution in [0, 0.1) is 5.82 Å². The molecule has 1 aromatic heterocycles. The molecule has 7 heteroatoms. The van der Waals surface area contributed by atoms with Crippen LogP contribution in [-0.2, 0) is 0 Å². The molecule has 0 radical (unpaired) electrons. The van der Waals surface area contributed by atoms with Gasteiger partial charge < -0.3 is 15.7 Å². The van der Waals surface area contributed by atoms with E-state index in [0.29, 0.717) is 0 Å². The number of aliphatic hydroxyl groups is 1. The second-order valence-corrected chi connectivity index (χ2v) is 5.22. The molecule has 0 aliphatic carbocycles. The van der Waals surface area contributed by atoms with E-state index in [1.807, 2.05) is 5.38 Å². The molecule has 1 aromatic carbocycles. The number of nitrogens with one attached hydrogen (secondary N) is 2. The molecule has 1 atom stereocenters. The topological polar surface area (TPSA) is 61.4 Å². The van der Waals surface area contributed by atoms with E-state index < -0.39 is 18.0 Å². The Balaban J connectivity index is 1.85. The number of hydrogen-bond acceptors (Lipinski definition) is 3. The predicted molar refractivity (Wildman–Crippen MR) is 77.7 cm³/mol. The van der Waals surface area contributed by atoms with Gasteiger partial charge in [-0.05, 0) is 40.6 Å². The van der Waals surface area contributed by atoms with Gasteiger partial charge >= 0.3 is 6.03 Å². The Bertz CT molecular complexity index is 592. The minimum atomic E-state index is -0.769. The van der Waals surface area contributed by atoms with Gasteiger partial charge in [-0.15, -0.1) is 0 Å². The zero-order chi connectivity index (χ0) is 14.5. The predicted octanol–water partition coefficient (Wildman–Crippen LogP) is 3.40. The van der Waals surface area contributed by atoms with E-state index in [0.717, 1.165) is 11.6 Å². The average Bonchev–Trinajstić information content (AvgIpc) is 2.94. The lowest BCUT2D eigenvalue weighted by Crippen LogP contribution is -2.32. The summed E-state index contributed by atoms with van der Waals surface area (Å²) in [5, 5.41) is 18.4. The molecular formula is C13H12ClFN2O2S. The highest BCUT2D eigenvalue weighted by Crippen LogP contribution is 2.19. The Labute approximate surface area is 124 Å². The minimum Gasteiger partial charge on any atom is -0.387 e. The van der Waals surface area contributed by atoms with Gasteiger partial charge in [0.2, 0.25) is 0 Å². The van der Waals surface area contributed by atoms with Crippen molar-refractivity contribution in [2.45, 2.75) is 6.10 Å². The maximum atomic E-state index is 13.2. The van der Waals surface area contributed by atoms with Crippen molar-refractivity contribution >= 4 is 34.7 Å². The van der Waals surface area contributed by atoms with Crippen LogP contribution < -0.4 is 10.6 Å². The third kappa shape index (κ3) is 3.93. The first-order valence-electron chi connectivity index (χ1n) is 5.76. The molecule has 0 aliphatic rings. The monoisotopic (exact) mass is 314 g/mol. The Morgan fingerprint density at radius 3 is 2.90 bits per heavy atom. The Hall–Kier alpha value is -1.63. The SMILES string of the molecule is O=C(NCC(O)c1ccsc1)Nc1ccc(Cl)c(F)c1. The van der Waals surface area contributed by atoms with E-state index in [9.17, 15) is 14.3 Å². The van der Waals surface area contributed by atoms with Gasteiger partial charge in [0.25, 0.3) is 0 Å². The largest absolute Gasteiger partial charge is 0.387 e. The molecule has 0 aliphatic heterocycles. The van der Waals surface area contributed by atoms with Crippen molar-refractivity contribution in [2.24, 2.45) is 0 Å². The van der Waals surface area contributed by atoms with Crippen LogP contribution in [0.4, 0.5) is 14.9 Å². The van der Waals surface area contributed by atoms with Crippen LogP contribution in [0.5, 0.6) is 0 Å². The second-order valence-electron chi connectivity index (χ2n) is 4.04. The van der Waals surface area contributed by atoms with Gasteiger partial charge in [0.15, 0.2) is 0 Å². The maximum Gasteiger partial charge on any atom is 0.319 e. The van der Waals surface area contributed by atoms with Gasteiger partial charge in [-0.25, -0.2) is 9.18 Å². The normalized spacial score (nSPS) is 11.9. The van der Waals surface area contributed by atoms with E-state index in [1.165, 1.54) is 23.5 Å². The van der Waals surface area contributed by atoms with Crippen LogP contribution in [0.25, 0.3) is 0 Å². The highest BCUT2D eigenvalue weighted by atomic mass is 35.5. The van der Waals surface area contributed by atoms with E-state index in [2.05, 4.69) is 10.6 Å². The van der Waals surface area contributed by atoms with Crippen LogP contribution in [0.3, 0.4) is 0 Å². The summed E-state index contributed by atoms with van der Waals surface area (Å²) in [4.78, 5) is 11.6. The lowest BCUT2D eigenvalue weighted by atomic mass is 10.2. The number of rotatable bonds is 4. The van der Waals surface area contributed by atoms with Crippen molar-refractivity contribution in [3.05, 3.63) is 51.4 Å². The lowest BCUT2D eigenvalue weighted by molar-refractivity contribution is 0.175. The maximum absolute atomic E-state index is 13.2. The van der Waals surface area contributed by atoms with Crippen LogP contribution in [-0.4, -0.2) is 17.7 Å². The van der Waals surface area contributed by atoms with Crippen molar-refractivity contribution in [1.29, 1.82) is 0 Å². The van der Waals surface area contributed by atoms with Crippen molar-refractivity contribution in [3.8, 4) is 0 Å². The first kappa shape index (κ1) is 14.8. The highest BCUT2D eigenvalue weighted by Gasteiger charge is 2.10. The average molecular weight is 315 g/mol. The van der Waals surface area contributed by atoms with Gasteiger partial charge in [-0.2, -0.15) is 11.3 Å². The summed E-state index contributed by atoms with van der Waals surface area (Å²) in [5.41, 5.74) is 1.03. The molecule has 20 heavy (non-hydrogen) atoms. The molecule has 0 fully saturated rings. The third-order valence-corrected chi connectivity index (χ3v) is 3.57. The van der Waals surface area contributed by atoms with Gasteiger partial charge in [-0.1, -0.05) is 11.6 Å². The number of benzene rings is 1. The molecule has 106 valence electrons. The molecule has 0 saturated carbocycles. The number of anilines is 1. The minimum absolute atomic E-state index is 0.0103. The van der Waals surface area contributed by atoms with E-state index in [-0.39, 0.29) is 17.3 Å². The summed E-state index contributed by atoms with van der Waals surface area (Å²) in [6.07, 6.45) is -0.769. The summed E-state index contributed by atoms with van der Waals surface area (Å²) in [5.74, 6) is -0.609. The fourth-order valence-corrected chi connectivity index (χ4v) is 2.35. The molecule has 2 amide bonds. The number of carbonyl (C=O) groups is 1. The highest BCUT2D eigenvalue weighted by molar-refractivity contribution is 7.07. The molecule has 2 aromatic rings. The van der Waals surface area contributed by atoms with Crippen LogP contribution >= 0.6 is 22.9 Å². The lowest BCUT2D eigenvalue weighted by Gasteiger charge is -2.11. The van der Waals surface area contributed by atoms with Gasteiger partial charge in [0.1, 0.15) is 5.82 Å². The molecular weight excluding hydrogens is 303 g/mol. The third-order valence-electron chi connectivity index (χ3n) is 2.56. The smallest absolute Gasteiger partial charge is 0.319 e. The molecule has 2 rings (SSSR count). The Morgan fingerprint density at radius 2 is 2.25 bits per heavy atom. The number of urea groups is 1. The zero-order valence-electron chi connectivity index (χ0n) is 10.3. The summed E-state index contributed by atoms with van der Waals surface area (Å²) >= 11 is 7.01. The number of aliphatic hydroxyl groups excluding tert-OH is 1. The zero-order valence-corrected chi connectivity index (χ0v) is 11.8. The van der Waals surface area contributed by atoms with E-state index in [1.54, 1.807) is 11.4 Å². The number of hydrogen-bond donors (Lipinski definition) is 3. The first-order valence-corrected chi connectivity index (χ1v) is 7.08. The van der Waals surface area contributed by atoms with Crippen molar-refractivity contribution in [3.63, 3.8) is 0 Å². The summed E-state index contributed by atoms with van der Waals surface area (Å²) in [6, 6.07) is 5.22. The van der Waals surface area contributed by atoms with Crippen molar-refractivity contribution in [2.75, 3.05) is 11.9 Å². The van der Waals surface area contributed by atoms with Crippen LogP contribution in [0.15, 0.2) is 35.0 Å². The molecule has 0 spiro atoms. The van der Waals surface area contributed by atoms with E-state index >= 15 is 0 Å². The first-order chi connectivity index (χ1) is 9.56. The summed E-state index contributed by atoms with van der Waals surface area (Å²) in [6.45, 7) is 0.0681. The van der Waals surface area contributed by atoms with E-state index in [4.69, 9.17) is 11.6 Å². The molecule has 1 heterocycles. The molecule has 4 nitrogen and oxygen atoms in total. The standard InChI is InChI=1S/C13H12ClFN2O2S/c14-10-2-1-9(5-11(10)15)17-13(19)16-6-12(18)8-3-4-20-7-8/h1-5,7,12,18H,6H2,(H2,16,17,19). The molecule has 0 bridgehead atoms. The molecule has 1 unspecified atom stereocenters.